The zero-order valence-electron chi connectivity index (χ0n) is 15.9. The van der Waals surface area contributed by atoms with Gasteiger partial charge in [0.15, 0.2) is 0 Å². The van der Waals surface area contributed by atoms with Crippen LogP contribution in [0.3, 0.4) is 0 Å². The molecule has 1 heterocycles. The van der Waals surface area contributed by atoms with Gasteiger partial charge in [-0.2, -0.15) is 5.10 Å². The van der Waals surface area contributed by atoms with E-state index in [0.717, 1.165) is 10.2 Å². The smallest absolute Gasteiger partial charge is 0.273 e. The Morgan fingerprint density at radius 2 is 1.72 bits per heavy atom. The van der Waals surface area contributed by atoms with Crippen molar-refractivity contribution in [2.24, 2.45) is 0 Å². The van der Waals surface area contributed by atoms with E-state index >= 15 is 0 Å². The van der Waals surface area contributed by atoms with E-state index in [1.807, 2.05) is 24.3 Å². The van der Waals surface area contributed by atoms with Crippen LogP contribution in [0, 0.1) is 13.8 Å². The highest BCUT2D eigenvalue weighted by Gasteiger charge is 2.21. The van der Waals surface area contributed by atoms with Gasteiger partial charge in [-0.15, -0.1) is 0 Å². The van der Waals surface area contributed by atoms with Crippen LogP contribution in [-0.4, -0.2) is 28.7 Å². The zero-order valence-corrected chi connectivity index (χ0v) is 18.3. The summed E-state index contributed by atoms with van der Waals surface area (Å²) in [6.07, 6.45) is 0. The molecule has 2 N–H and O–H groups in total. The summed E-state index contributed by atoms with van der Waals surface area (Å²) in [6.45, 7) is 3.53. The monoisotopic (exact) mass is 476 g/mol. The van der Waals surface area contributed by atoms with Gasteiger partial charge in [0.1, 0.15) is 5.75 Å². The highest BCUT2D eigenvalue weighted by molar-refractivity contribution is 9.10. The van der Waals surface area contributed by atoms with E-state index in [2.05, 4.69) is 31.9 Å². The Morgan fingerprint density at radius 1 is 1.07 bits per heavy atom. The molecular weight excluding hydrogens is 460 g/mol. The summed E-state index contributed by atoms with van der Waals surface area (Å²) in [7, 11) is 1.43. The molecule has 0 aliphatic rings. The second-order valence-electron chi connectivity index (χ2n) is 6.19. The van der Waals surface area contributed by atoms with Gasteiger partial charge >= 0.3 is 0 Å². The molecule has 3 rings (SSSR count). The standard InChI is InChI=1S/C20H18BrClN4O3/c1-11-18(12(2)26(25-11)15-7-4-13(21)5-8-15)20(28)24-23-19(27)16-9-6-14(22)10-17(16)29-3/h4-10H,1-3H3,(H,23,27)(H,24,28). The average molecular weight is 478 g/mol. The lowest BCUT2D eigenvalue weighted by Crippen LogP contribution is -2.42. The molecule has 150 valence electrons. The van der Waals surface area contributed by atoms with Gasteiger partial charge in [-0.25, -0.2) is 4.68 Å². The van der Waals surface area contributed by atoms with Gasteiger partial charge in [-0.05, 0) is 56.3 Å². The first kappa shape index (κ1) is 20.9. The Kier molecular flexibility index (Phi) is 6.24. The quantitative estimate of drug-likeness (QED) is 0.557. The first-order chi connectivity index (χ1) is 13.8. The third kappa shape index (κ3) is 4.44. The summed E-state index contributed by atoms with van der Waals surface area (Å²) < 4.78 is 7.79. The highest BCUT2D eigenvalue weighted by atomic mass is 79.9. The fourth-order valence-electron chi connectivity index (χ4n) is 2.90. The number of amides is 2. The van der Waals surface area contributed by atoms with Crippen LogP contribution in [0.2, 0.25) is 5.02 Å². The molecule has 0 unspecified atom stereocenters. The number of hydrazine groups is 1. The van der Waals surface area contributed by atoms with E-state index in [0.29, 0.717) is 27.7 Å². The minimum Gasteiger partial charge on any atom is -0.496 e. The second kappa shape index (κ2) is 8.67. The van der Waals surface area contributed by atoms with Gasteiger partial charge < -0.3 is 4.74 Å². The van der Waals surface area contributed by atoms with Gasteiger partial charge in [-0.3, -0.25) is 20.4 Å². The SMILES string of the molecule is COc1cc(Cl)ccc1C(=O)NNC(=O)c1c(C)nn(-c2ccc(Br)cc2)c1C. The van der Waals surface area contributed by atoms with Crippen molar-refractivity contribution in [2.45, 2.75) is 13.8 Å². The average Bonchev–Trinajstić information content (AvgIpc) is 3.00. The van der Waals surface area contributed by atoms with Crippen LogP contribution in [-0.2, 0) is 0 Å². The molecule has 0 bridgehead atoms. The molecule has 1 aromatic heterocycles. The zero-order chi connectivity index (χ0) is 21.1. The Labute approximate surface area is 181 Å². The molecule has 3 aromatic rings. The summed E-state index contributed by atoms with van der Waals surface area (Å²) >= 11 is 9.31. The van der Waals surface area contributed by atoms with Gasteiger partial charge in [0.25, 0.3) is 11.8 Å². The van der Waals surface area contributed by atoms with Crippen LogP contribution < -0.4 is 15.6 Å². The van der Waals surface area contributed by atoms with E-state index in [9.17, 15) is 9.59 Å². The number of aromatic nitrogens is 2. The number of carbonyl (C=O) groups is 2. The van der Waals surface area contributed by atoms with Crippen molar-refractivity contribution in [3.8, 4) is 11.4 Å². The van der Waals surface area contributed by atoms with E-state index in [4.69, 9.17) is 16.3 Å². The third-order valence-electron chi connectivity index (χ3n) is 4.29. The third-order valence-corrected chi connectivity index (χ3v) is 5.05. The second-order valence-corrected chi connectivity index (χ2v) is 7.54. The number of rotatable bonds is 4. The molecule has 0 spiro atoms. The van der Waals surface area contributed by atoms with Crippen molar-refractivity contribution in [1.82, 2.24) is 20.6 Å². The van der Waals surface area contributed by atoms with Crippen molar-refractivity contribution in [3.63, 3.8) is 0 Å². The molecule has 0 radical (unpaired) electrons. The lowest BCUT2D eigenvalue weighted by molar-refractivity contribution is 0.0844. The van der Waals surface area contributed by atoms with Gasteiger partial charge in [-0.1, -0.05) is 27.5 Å². The lowest BCUT2D eigenvalue weighted by Gasteiger charge is -2.11. The first-order valence-electron chi connectivity index (χ1n) is 8.58. The Bertz CT molecular complexity index is 1080. The van der Waals surface area contributed by atoms with E-state index < -0.39 is 11.8 Å². The number of hydrogen-bond donors (Lipinski definition) is 2. The minimum atomic E-state index is -0.525. The van der Waals surface area contributed by atoms with Crippen LogP contribution in [0.25, 0.3) is 5.69 Å². The number of benzene rings is 2. The maximum absolute atomic E-state index is 12.7. The van der Waals surface area contributed by atoms with E-state index in [1.54, 1.807) is 24.6 Å². The summed E-state index contributed by atoms with van der Waals surface area (Å²) in [6, 6.07) is 12.2. The fourth-order valence-corrected chi connectivity index (χ4v) is 3.33. The predicted octanol–water partition coefficient (Wildman–Crippen LogP) is 3.99. The highest BCUT2D eigenvalue weighted by Crippen LogP contribution is 2.23. The molecule has 2 aromatic carbocycles. The predicted molar refractivity (Wildman–Crippen MR) is 114 cm³/mol. The van der Waals surface area contributed by atoms with Crippen molar-refractivity contribution >= 4 is 39.3 Å². The molecule has 0 atom stereocenters. The molecule has 0 aliphatic heterocycles. The normalized spacial score (nSPS) is 10.5. The number of aryl methyl sites for hydroxylation is 1. The van der Waals surface area contributed by atoms with Crippen LogP contribution >= 0.6 is 27.5 Å². The molecule has 0 fully saturated rings. The van der Waals surface area contributed by atoms with Crippen LogP contribution in [0.15, 0.2) is 46.9 Å². The minimum absolute atomic E-state index is 0.246. The largest absolute Gasteiger partial charge is 0.496 e. The van der Waals surface area contributed by atoms with Crippen LogP contribution in [0.5, 0.6) is 5.75 Å². The number of methoxy groups -OCH3 is 1. The number of ether oxygens (including phenoxy) is 1. The topological polar surface area (TPSA) is 85.2 Å². The summed E-state index contributed by atoms with van der Waals surface area (Å²) in [5.41, 5.74) is 7.48. The number of halogens is 2. The molecule has 29 heavy (non-hydrogen) atoms. The first-order valence-corrected chi connectivity index (χ1v) is 9.75. The number of hydrogen-bond acceptors (Lipinski definition) is 4. The van der Waals surface area contributed by atoms with E-state index in [-0.39, 0.29) is 5.56 Å². The van der Waals surface area contributed by atoms with Gasteiger partial charge in [0.05, 0.1) is 35.3 Å². The number of carbonyl (C=O) groups excluding carboxylic acids is 2. The van der Waals surface area contributed by atoms with Crippen molar-refractivity contribution < 1.29 is 14.3 Å². The van der Waals surface area contributed by atoms with Crippen molar-refractivity contribution in [3.05, 3.63) is 74.5 Å². The lowest BCUT2D eigenvalue weighted by atomic mass is 10.2. The maximum Gasteiger partial charge on any atom is 0.273 e. The number of nitrogens with one attached hydrogen (secondary N) is 2. The fraction of sp³-hybridized carbons (Fsp3) is 0.150. The van der Waals surface area contributed by atoms with Crippen molar-refractivity contribution in [1.29, 1.82) is 0 Å². The van der Waals surface area contributed by atoms with Gasteiger partial charge in [0.2, 0.25) is 0 Å². The van der Waals surface area contributed by atoms with Crippen LogP contribution in [0.4, 0.5) is 0 Å². The van der Waals surface area contributed by atoms with Crippen LogP contribution in [0.1, 0.15) is 32.1 Å². The summed E-state index contributed by atoms with van der Waals surface area (Å²) in [4.78, 5) is 25.1. The molecule has 0 aliphatic carbocycles. The molecule has 7 nitrogen and oxygen atoms in total. The molecule has 0 saturated carbocycles. The number of nitrogens with zero attached hydrogens (tertiary/aromatic N) is 2. The Balaban J connectivity index is 1.78. The molecule has 9 heteroatoms. The summed E-state index contributed by atoms with van der Waals surface area (Å²) in [5, 5.41) is 4.89. The van der Waals surface area contributed by atoms with Gasteiger partial charge in [0, 0.05) is 9.50 Å². The molecule has 2 amide bonds. The Morgan fingerprint density at radius 3 is 2.38 bits per heavy atom. The van der Waals surface area contributed by atoms with Crippen molar-refractivity contribution in [2.75, 3.05) is 7.11 Å². The van der Waals surface area contributed by atoms with E-state index in [1.165, 1.54) is 19.2 Å². The molecular formula is C20H18BrClN4O3. The maximum atomic E-state index is 12.7. The molecule has 0 saturated heterocycles. The summed E-state index contributed by atoms with van der Waals surface area (Å²) in [5.74, 6) is -0.688. The Hall–Kier alpha value is -2.84.